The monoisotopic (exact) mass is 484 g/mol. The van der Waals surface area contributed by atoms with Crippen molar-refractivity contribution in [3.8, 4) is 16.9 Å². The zero-order valence-corrected chi connectivity index (χ0v) is 19.3. The number of hydrogen-bond donors (Lipinski definition) is 1. The zero-order valence-electron chi connectivity index (χ0n) is 17.8. The highest BCUT2D eigenvalue weighted by atomic mass is 35.5. The van der Waals surface area contributed by atoms with E-state index in [1.807, 2.05) is 48.5 Å². The second-order valence-corrected chi connectivity index (χ2v) is 8.43. The van der Waals surface area contributed by atoms with E-state index >= 15 is 0 Å². The molecule has 5 nitrogen and oxygen atoms in total. The molecule has 34 heavy (non-hydrogen) atoms. The summed E-state index contributed by atoms with van der Waals surface area (Å²) in [7, 11) is 0. The summed E-state index contributed by atoms with van der Waals surface area (Å²) in [5.74, 6) is -0.432. The molecule has 5 aromatic rings. The van der Waals surface area contributed by atoms with Gasteiger partial charge < -0.3 is 0 Å². The molecule has 1 heterocycles. The first-order chi connectivity index (χ1) is 16.6. The minimum atomic E-state index is -0.432. The van der Waals surface area contributed by atoms with E-state index in [0.29, 0.717) is 15.6 Å². The largest absolute Gasteiger partial charge is 0.291 e. The molecule has 0 saturated heterocycles. The van der Waals surface area contributed by atoms with Crippen molar-refractivity contribution < 1.29 is 4.79 Å². The Balaban J connectivity index is 1.48. The Morgan fingerprint density at radius 2 is 1.62 bits per heavy atom. The Labute approximate surface area is 206 Å². The summed E-state index contributed by atoms with van der Waals surface area (Å²) in [5, 5.41) is 11.8. The number of nitrogens with one attached hydrogen (secondary N) is 1. The molecule has 0 radical (unpaired) electrons. The van der Waals surface area contributed by atoms with Gasteiger partial charge in [-0.05, 0) is 47.2 Å². The van der Waals surface area contributed by atoms with Gasteiger partial charge in [-0.2, -0.15) is 10.2 Å². The second-order valence-electron chi connectivity index (χ2n) is 7.59. The van der Waals surface area contributed by atoms with Crippen molar-refractivity contribution in [2.24, 2.45) is 5.10 Å². The lowest BCUT2D eigenvalue weighted by molar-refractivity contribution is 0.0949. The van der Waals surface area contributed by atoms with E-state index in [1.165, 1.54) is 6.21 Å². The summed E-state index contributed by atoms with van der Waals surface area (Å²) >= 11 is 12.1. The molecular weight excluding hydrogens is 467 g/mol. The van der Waals surface area contributed by atoms with Gasteiger partial charge in [-0.3, -0.25) is 4.79 Å². The van der Waals surface area contributed by atoms with E-state index in [-0.39, 0.29) is 5.69 Å². The van der Waals surface area contributed by atoms with Crippen LogP contribution in [-0.4, -0.2) is 21.9 Å². The highest BCUT2D eigenvalue weighted by Gasteiger charge is 2.17. The molecule has 0 spiro atoms. The first kappa shape index (κ1) is 21.9. The quantitative estimate of drug-likeness (QED) is 0.221. The van der Waals surface area contributed by atoms with E-state index in [2.05, 4.69) is 39.9 Å². The number of nitrogens with zero attached hydrogens (tertiary/aromatic N) is 3. The summed E-state index contributed by atoms with van der Waals surface area (Å²) in [5.41, 5.74) is 6.00. The van der Waals surface area contributed by atoms with Gasteiger partial charge in [0.2, 0.25) is 0 Å². The average molecular weight is 485 g/mol. The van der Waals surface area contributed by atoms with Crippen LogP contribution in [0.1, 0.15) is 16.1 Å². The second kappa shape index (κ2) is 9.51. The molecule has 0 saturated carbocycles. The molecule has 5 rings (SSSR count). The first-order valence-corrected chi connectivity index (χ1v) is 11.3. The fourth-order valence-electron chi connectivity index (χ4n) is 3.64. The normalized spacial score (nSPS) is 11.2. The van der Waals surface area contributed by atoms with Gasteiger partial charge in [0.15, 0.2) is 5.69 Å². The van der Waals surface area contributed by atoms with E-state index < -0.39 is 5.91 Å². The van der Waals surface area contributed by atoms with Gasteiger partial charge in [0.1, 0.15) is 0 Å². The van der Waals surface area contributed by atoms with Crippen LogP contribution in [0.2, 0.25) is 10.0 Å². The van der Waals surface area contributed by atoms with Crippen molar-refractivity contribution in [1.29, 1.82) is 0 Å². The minimum absolute atomic E-state index is 0.242. The highest BCUT2D eigenvalue weighted by molar-refractivity contribution is 6.36. The average Bonchev–Trinajstić information content (AvgIpc) is 3.31. The lowest BCUT2D eigenvalue weighted by atomic mass is 10.0. The topological polar surface area (TPSA) is 59.3 Å². The van der Waals surface area contributed by atoms with E-state index in [9.17, 15) is 4.79 Å². The Morgan fingerprint density at radius 1 is 0.853 bits per heavy atom. The SMILES string of the molecule is O=C(N/N=C\c1ccc(Cl)cc1Cl)c1cc(-c2ccc3ccccc3c2)n(-c2ccccc2)n1. The molecule has 0 aliphatic heterocycles. The molecule has 0 aliphatic carbocycles. The van der Waals surface area contributed by atoms with Gasteiger partial charge >= 0.3 is 0 Å². The number of halogens is 2. The molecule has 0 atom stereocenters. The zero-order chi connectivity index (χ0) is 23.5. The van der Waals surface area contributed by atoms with Crippen LogP contribution in [0.15, 0.2) is 102 Å². The summed E-state index contributed by atoms with van der Waals surface area (Å²) in [6.45, 7) is 0. The molecule has 1 amide bonds. The maximum absolute atomic E-state index is 12.9. The van der Waals surface area contributed by atoms with E-state index in [4.69, 9.17) is 23.2 Å². The number of carbonyl (C=O) groups is 1. The Hall–Kier alpha value is -3.93. The van der Waals surface area contributed by atoms with Crippen LogP contribution in [-0.2, 0) is 0 Å². The predicted molar refractivity (Wildman–Crippen MR) is 138 cm³/mol. The number of benzene rings is 4. The van der Waals surface area contributed by atoms with Gasteiger partial charge in [0.25, 0.3) is 5.91 Å². The lowest BCUT2D eigenvalue weighted by Gasteiger charge is -2.08. The molecule has 0 fully saturated rings. The van der Waals surface area contributed by atoms with Crippen molar-refractivity contribution in [2.75, 3.05) is 0 Å². The summed E-state index contributed by atoms with van der Waals surface area (Å²) in [4.78, 5) is 12.9. The molecule has 1 aromatic heterocycles. The summed E-state index contributed by atoms with van der Waals surface area (Å²) in [6.07, 6.45) is 1.47. The molecular formula is C27H18Cl2N4O. The molecule has 0 bridgehead atoms. The van der Waals surface area contributed by atoms with Crippen molar-refractivity contribution in [3.63, 3.8) is 0 Å². The predicted octanol–water partition coefficient (Wildman–Crippen LogP) is 6.76. The van der Waals surface area contributed by atoms with Crippen LogP contribution in [0.5, 0.6) is 0 Å². The Bertz CT molecular complexity index is 1530. The van der Waals surface area contributed by atoms with Crippen molar-refractivity contribution in [3.05, 3.63) is 118 Å². The number of amides is 1. The molecule has 7 heteroatoms. The summed E-state index contributed by atoms with van der Waals surface area (Å²) in [6, 6.07) is 30.8. The third-order valence-electron chi connectivity index (χ3n) is 5.32. The van der Waals surface area contributed by atoms with Gasteiger partial charge in [0, 0.05) is 16.1 Å². The Morgan fingerprint density at radius 3 is 2.41 bits per heavy atom. The van der Waals surface area contributed by atoms with Crippen LogP contribution >= 0.6 is 23.2 Å². The third-order valence-corrected chi connectivity index (χ3v) is 5.88. The molecule has 1 N–H and O–H groups in total. The maximum atomic E-state index is 12.9. The van der Waals surface area contributed by atoms with Crippen molar-refractivity contribution >= 4 is 46.1 Å². The molecule has 0 unspecified atom stereocenters. The van der Waals surface area contributed by atoms with Gasteiger partial charge in [-0.25, -0.2) is 10.1 Å². The number of para-hydroxylation sites is 1. The standard InChI is InChI=1S/C27H18Cl2N4O/c28-22-13-12-21(24(29)15-22)17-30-31-27(34)25-16-26(33(32-25)23-8-2-1-3-9-23)20-11-10-18-6-4-5-7-19(18)14-20/h1-17H,(H,31,34)/b30-17-. The number of carbonyl (C=O) groups excluding carboxylic acids is 1. The van der Waals surface area contributed by atoms with E-state index in [1.54, 1.807) is 28.9 Å². The fourth-order valence-corrected chi connectivity index (χ4v) is 4.09. The van der Waals surface area contributed by atoms with Crippen LogP contribution < -0.4 is 5.43 Å². The number of hydrazone groups is 1. The van der Waals surface area contributed by atoms with Crippen LogP contribution in [0, 0.1) is 0 Å². The van der Waals surface area contributed by atoms with Crippen molar-refractivity contribution in [1.82, 2.24) is 15.2 Å². The molecule has 4 aromatic carbocycles. The molecule has 0 aliphatic rings. The number of fused-ring (bicyclic) bond motifs is 1. The van der Waals surface area contributed by atoms with Crippen LogP contribution in [0.4, 0.5) is 0 Å². The van der Waals surface area contributed by atoms with Gasteiger partial charge in [-0.15, -0.1) is 0 Å². The highest BCUT2D eigenvalue weighted by Crippen LogP contribution is 2.27. The van der Waals surface area contributed by atoms with Gasteiger partial charge in [0.05, 0.1) is 22.6 Å². The van der Waals surface area contributed by atoms with E-state index in [0.717, 1.165) is 27.7 Å². The Kier molecular flexibility index (Phi) is 6.12. The summed E-state index contributed by atoms with van der Waals surface area (Å²) < 4.78 is 1.76. The number of hydrogen-bond acceptors (Lipinski definition) is 3. The fraction of sp³-hybridized carbons (Fsp3) is 0. The maximum Gasteiger partial charge on any atom is 0.291 e. The van der Waals surface area contributed by atoms with Gasteiger partial charge in [-0.1, -0.05) is 83.9 Å². The minimum Gasteiger partial charge on any atom is -0.265 e. The van der Waals surface area contributed by atoms with Crippen LogP contribution in [0.25, 0.3) is 27.7 Å². The van der Waals surface area contributed by atoms with Crippen LogP contribution in [0.3, 0.4) is 0 Å². The first-order valence-electron chi connectivity index (χ1n) is 10.5. The molecule has 166 valence electrons. The smallest absolute Gasteiger partial charge is 0.265 e. The third kappa shape index (κ3) is 4.57. The lowest BCUT2D eigenvalue weighted by Crippen LogP contribution is -2.18. The number of aromatic nitrogens is 2. The number of rotatable bonds is 5. The van der Waals surface area contributed by atoms with Crippen molar-refractivity contribution in [2.45, 2.75) is 0 Å².